The van der Waals surface area contributed by atoms with Gasteiger partial charge in [-0.2, -0.15) is 0 Å². The van der Waals surface area contributed by atoms with E-state index < -0.39 is 0 Å². The highest BCUT2D eigenvalue weighted by Gasteiger charge is 2.10. The lowest BCUT2D eigenvalue weighted by Gasteiger charge is -2.07. The summed E-state index contributed by atoms with van der Waals surface area (Å²) in [5.41, 5.74) is 7.43. The molecule has 1 nitrogen and oxygen atoms in total. The third-order valence-corrected chi connectivity index (χ3v) is 3.35. The van der Waals surface area contributed by atoms with E-state index in [-0.39, 0.29) is 6.04 Å². The summed E-state index contributed by atoms with van der Waals surface area (Å²) < 4.78 is 0. The lowest BCUT2D eigenvalue weighted by atomic mass is 10.1. The molecule has 1 atom stereocenters. The predicted octanol–water partition coefficient (Wildman–Crippen LogP) is 3.03. The van der Waals surface area contributed by atoms with Gasteiger partial charge in [-0.25, -0.2) is 0 Å². The van der Waals surface area contributed by atoms with Crippen LogP contribution < -0.4 is 5.73 Å². The maximum absolute atomic E-state index is 5.99. The van der Waals surface area contributed by atoms with Gasteiger partial charge in [-0.05, 0) is 31.4 Å². The largest absolute Gasteiger partial charge is 0.323 e. The zero-order valence-electron chi connectivity index (χ0n) is 8.05. The van der Waals surface area contributed by atoms with Gasteiger partial charge in [0.15, 0.2) is 0 Å². The molecule has 0 saturated heterocycles. The van der Waals surface area contributed by atoms with Gasteiger partial charge in [0, 0.05) is 15.8 Å². The van der Waals surface area contributed by atoms with E-state index in [2.05, 4.69) is 26.8 Å². The molecule has 1 rings (SSSR count). The van der Waals surface area contributed by atoms with Crippen LogP contribution in [-0.2, 0) is 6.42 Å². The molecule has 0 radical (unpaired) electrons. The van der Waals surface area contributed by atoms with Crippen molar-refractivity contribution in [3.05, 3.63) is 21.4 Å². The van der Waals surface area contributed by atoms with E-state index in [1.165, 1.54) is 15.3 Å². The Labute approximate surface area is 78.6 Å². The van der Waals surface area contributed by atoms with E-state index >= 15 is 0 Å². The Kier molecular flexibility index (Phi) is 3.29. The Hall–Kier alpha value is -0.340. The molecule has 1 unspecified atom stereocenters. The van der Waals surface area contributed by atoms with E-state index in [1.54, 1.807) is 0 Å². The molecule has 0 bridgehead atoms. The summed E-state index contributed by atoms with van der Waals surface area (Å²) in [7, 11) is 0. The van der Waals surface area contributed by atoms with Crippen molar-refractivity contribution in [2.75, 3.05) is 0 Å². The normalized spacial score (nSPS) is 13.3. The summed E-state index contributed by atoms with van der Waals surface area (Å²) >= 11 is 1.85. The van der Waals surface area contributed by atoms with Crippen LogP contribution in [0.15, 0.2) is 6.07 Å². The van der Waals surface area contributed by atoms with Gasteiger partial charge in [0.2, 0.25) is 0 Å². The Bertz CT molecular complexity index is 252. The SMILES string of the molecule is CCc1cc(C)sc1C(N)CC. The molecule has 0 aliphatic carbocycles. The molecule has 0 amide bonds. The van der Waals surface area contributed by atoms with Gasteiger partial charge >= 0.3 is 0 Å². The maximum Gasteiger partial charge on any atom is 0.0389 e. The second-order valence-electron chi connectivity index (χ2n) is 3.11. The molecule has 1 heterocycles. The van der Waals surface area contributed by atoms with Gasteiger partial charge < -0.3 is 5.73 Å². The quantitative estimate of drug-likeness (QED) is 0.766. The van der Waals surface area contributed by atoms with Gasteiger partial charge in [-0.3, -0.25) is 0 Å². The van der Waals surface area contributed by atoms with Crippen molar-refractivity contribution in [1.82, 2.24) is 0 Å². The smallest absolute Gasteiger partial charge is 0.0389 e. The highest BCUT2D eigenvalue weighted by molar-refractivity contribution is 7.12. The summed E-state index contributed by atoms with van der Waals surface area (Å²) in [5.74, 6) is 0. The van der Waals surface area contributed by atoms with Crippen LogP contribution in [0.5, 0.6) is 0 Å². The Morgan fingerprint density at radius 3 is 2.67 bits per heavy atom. The average molecular weight is 183 g/mol. The number of thiophene rings is 1. The van der Waals surface area contributed by atoms with Gasteiger partial charge in [-0.1, -0.05) is 13.8 Å². The lowest BCUT2D eigenvalue weighted by Crippen LogP contribution is -2.08. The molecule has 1 aromatic rings. The fraction of sp³-hybridized carbons (Fsp3) is 0.600. The molecule has 2 heteroatoms. The van der Waals surface area contributed by atoms with Crippen LogP contribution in [0.4, 0.5) is 0 Å². The van der Waals surface area contributed by atoms with Gasteiger partial charge in [0.25, 0.3) is 0 Å². The summed E-state index contributed by atoms with van der Waals surface area (Å²) in [6, 6.07) is 2.51. The topological polar surface area (TPSA) is 26.0 Å². The number of rotatable bonds is 3. The van der Waals surface area contributed by atoms with E-state index in [9.17, 15) is 0 Å². The molecular formula is C10H17NS. The Morgan fingerprint density at radius 1 is 1.50 bits per heavy atom. The van der Waals surface area contributed by atoms with Crippen LogP contribution in [0.3, 0.4) is 0 Å². The molecule has 0 spiro atoms. The van der Waals surface area contributed by atoms with Crippen molar-refractivity contribution in [3.8, 4) is 0 Å². The van der Waals surface area contributed by atoms with Crippen molar-refractivity contribution in [2.45, 2.75) is 39.7 Å². The van der Waals surface area contributed by atoms with Crippen LogP contribution in [0, 0.1) is 6.92 Å². The van der Waals surface area contributed by atoms with Crippen molar-refractivity contribution in [1.29, 1.82) is 0 Å². The number of aryl methyl sites for hydroxylation is 2. The van der Waals surface area contributed by atoms with E-state index in [0.717, 1.165) is 12.8 Å². The second-order valence-corrected chi connectivity index (χ2v) is 4.40. The first-order valence-corrected chi connectivity index (χ1v) is 5.35. The standard InChI is InChI=1S/C10H17NS/c1-4-8-6-7(3)12-10(8)9(11)5-2/h6,9H,4-5,11H2,1-3H3. The van der Waals surface area contributed by atoms with Crippen LogP contribution in [0.25, 0.3) is 0 Å². The lowest BCUT2D eigenvalue weighted by molar-refractivity contribution is 0.704. The number of nitrogens with two attached hydrogens (primary N) is 1. The van der Waals surface area contributed by atoms with Gasteiger partial charge in [-0.15, -0.1) is 11.3 Å². The monoisotopic (exact) mass is 183 g/mol. The van der Waals surface area contributed by atoms with Crippen LogP contribution in [0.1, 0.15) is 41.6 Å². The minimum absolute atomic E-state index is 0.249. The maximum atomic E-state index is 5.99. The Morgan fingerprint density at radius 2 is 2.17 bits per heavy atom. The highest BCUT2D eigenvalue weighted by atomic mass is 32.1. The molecule has 0 aromatic carbocycles. The molecule has 68 valence electrons. The van der Waals surface area contributed by atoms with Crippen LogP contribution in [-0.4, -0.2) is 0 Å². The second kappa shape index (κ2) is 4.06. The number of hydrogen-bond donors (Lipinski definition) is 1. The average Bonchev–Trinajstić information content (AvgIpc) is 2.45. The molecule has 0 saturated carbocycles. The first kappa shape index (κ1) is 9.75. The minimum atomic E-state index is 0.249. The Balaban J connectivity index is 2.96. The third kappa shape index (κ3) is 1.87. The van der Waals surface area contributed by atoms with Crippen molar-refractivity contribution in [2.24, 2.45) is 5.73 Å². The summed E-state index contributed by atoms with van der Waals surface area (Å²) in [6.07, 6.45) is 2.14. The summed E-state index contributed by atoms with van der Waals surface area (Å²) in [6.45, 7) is 6.47. The first-order valence-electron chi connectivity index (χ1n) is 4.53. The fourth-order valence-electron chi connectivity index (χ4n) is 1.36. The molecule has 0 aliphatic heterocycles. The molecular weight excluding hydrogens is 166 g/mol. The van der Waals surface area contributed by atoms with Crippen molar-refractivity contribution < 1.29 is 0 Å². The van der Waals surface area contributed by atoms with Gasteiger partial charge in [0.05, 0.1) is 0 Å². The molecule has 0 fully saturated rings. The first-order chi connectivity index (χ1) is 5.69. The van der Waals surface area contributed by atoms with E-state index in [0.29, 0.717) is 0 Å². The molecule has 2 N–H and O–H groups in total. The fourth-order valence-corrected chi connectivity index (χ4v) is 2.56. The van der Waals surface area contributed by atoms with E-state index in [1.807, 2.05) is 11.3 Å². The minimum Gasteiger partial charge on any atom is -0.323 e. The van der Waals surface area contributed by atoms with Crippen LogP contribution in [0.2, 0.25) is 0 Å². The molecule has 1 aromatic heterocycles. The third-order valence-electron chi connectivity index (χ3n) is 2.12. The molecule has 12 heavy (non-hydrogen) atoms. The van der Waals surface area contributed by atoms with Crippen LogP contribution >= 0.6 is 11.3 Å². The van der Waals surface area contributed by atoms with Crippen molar-refractivity contribution in [3.63, 3.8) is 0 Å². The van der Waals surface area contributed by atoms with Crippen molar-refractivity contribution >= 4 is 11.3 Å². The predicted molar refractivity (Wildman–Crippen MR) is 55.7 cm³/mol. The zero-order chi connectivity index (χ0) is 9.14. The zero-order valence-corrected chi connectivity index (χ0v) is 8.87. The molecule has 0 aliphatic rings. The summed E-state index contributed by atoms with van der Waals surface area (Å²) in [4.78, 5) is 2.77. The van der Waals surface area contributed by atoms with E-state index in [4.69, 9.17) is 5.73 Å². The number of hydrogen-bond acceptors (Lipinski definition) is 2. The summed E-state index contributed by atoms with van der Waals surface area (Å²) in [5, 5.41) is 0. The highest BCUT2D eigenvalue weighted by Crippen LogP contribution is 2.28. The van der Waals surface area contributed by atoms with Gasteiger partial charge in [0.1, 0.15) is 0 Å².